The highest BCUT2D eigenvalue weighted by molar-refractivity contribution is 5.97. The molecule has 2 unspecified atom stereocenters. The first-order chi connectivity index (χ1) is 7.76. The second-order valence-corrected chi connectivity index (χ2v) is 4.46. The fourth-order valence-electron chi connectivity index (χ4n) is 2.63. The van der Waals surface area contributed by atoms with E-state index in [1.54, 1.807) is 0 Å². The zero-order chi connectivity index (χ0) is 11.5. The predicted octanol–water partition coefficient (Wildman–Crippen LogP) is 2.80. The summed E-state index contributed by atoms with van der Waals surface area (Å²) in [6, 6.07) is 0. The highest BCUT2D eigenvalue weighted by atomic mass is 16.7. The zero-order valence-electron chi connectivity index (χ0n) is 10.1. The summed E-state index contributed by atoms with van der Waals surface area (Å²) < 4.78 is 11.3. The summed E-state index contributed by atoms with van der Waals surface area (Å²) in [4.78, 5) is 11.9. The molecule has 0 fully saturated rings. The van der Waals surface area contributed by atoms with Gasteiger partial charge in [0, 0.05) is 31.4 Å². The van der Waals surface area contributed by atoms with E-state index in [1.165, 1.54) is 0 Å². The van der Waals surface area contributed by atoms with Gasteiger partial charge in [-0.05, 0) is 25.7 Å². The summed E-state index contributed by atoms with van der Waals surface area (Å²) in [5.74, 6) is 1.55. The van der Waals surface area contributed by atoms with E-state index in [1.807, 2.05) is 6.92 Å². The first-order valence-corrected chi connectivity index (χ1v) is 6.30. The second-order valence-electron chi connectivity index (χ2n) is 4.46. The minimum atomic E-state index is -0.139. The van der Waals surface area contributed by atoms with Crippen LogP contribution in [0.2, 0.25) is 0 Å². The van der Waals surface area contributed by atoms with Crippen LogP contribution in [0.5, 0.6) is 0 Å². The molecule has 1 aliphatic carbocycles. The largest absolute Gasteiger partial charge is 0.469 e. The molecular formula is C13H20O3. The summed E-state index contributed by atoms with van der Waals surface area (Å²) in [6.45, 7) is 4.77. The van der Waals surface area contributed by atoms with Gasteiger partial charge in [0.25, 0.3) is 0 Å². The van der Waals surface area contributed by atoms with Crippen LogP contribution in [0.3, 0.4) is 0 Å². The number of ether oxygens (including phenoxy) is 2. The average molecular weight is 224 g/mol. The van der Waals surface area contributed by atoms with Crippen molar-refractivity contribution >= 4 is 5.78 Å². The standard InChI is InChI=1S/C13H20O3/c1-3-9-8-12(15-4-2)16-11-7-5-6-10(14)13(9)11/h9,12H,3-8H2,1-2H3. The van der Waals surface area contributed by atoms with Crippen LogP contribution in [0.1, 0.15) is 46.0 Å². The van der Waals surface area contributed by atoms with E-state index in [-0.39, 0.29) is 6.29 Å². The van der Waals surface area contributed by atoms with Crippen molar-refractivity contribution < 1.29 is 14.3 Å². The first-order valence-electron chi connectivity index (χ1n) is 6.30. The highest BCUT2D eigenvalue weighted by Crippen LogP contribution is 2.38. The maximum absolute atomic E-state index is 11.9. The van der Waals surface area contributed by atoms with Gasteiger partial charge >= 0.3 is 0 Å². The normalized spacial score (nSPS) is 30.0. The molecule has 3 heteroatoms. The Kier molecular flexibility index (Phi) is 3.64. The lowest BCUT2D eigenvalue weighted by atomic mass is 9.82. The molecule has 0 aromatic rings. The molecule has 0 spiro atoms. The molecule has 0 aromatic heterocycles. The molecule has 0 aromatic carbocycles. The molecule has 0 saturated heterocycles. The van der Waals surface area contributed by atoms with Gasteiger partial charge in [0.1, 0.15) is 5.76 Å². The van der Waals surface area contributed by atoms with Crippen molar-refractivity contribution in [3.8, 4) is 0 Å². The topological polar surface area (TPSA) is 35.5 Å². The summed E-state index contributed by atoms with van der Waals surface area (Å²) in [6.07, 6.45) is 4.21. The number of Topliss-reactive ketones (excluding diaryl/α,β-unsaturated/α-hetero) is 1. The molecule has 16 heavy (non-hydrogen) atoms. The summed E-state index contributed by atoms with van der Waals surface area (Å²) >= 11 is 0. The number of hydrogen-bond acceptors (Lipinski definition) is 3. The van der Waals surface area contributed by atoms with E-state index in [0.29, 0.717) is 24.7 Å². The van der Waals surface area contributed by atoms with E-state index in [4.69, 9.17) is 9.47 Å². The van der Waals surface area contributed by atoms with Crippen molar-refractivity contribution in [3.63, 3.8) is 0 Å². The Morgan fingerprint density at radius 3 is 2.88 bits per heavy atom. The monoisotopic (exact) mass is 224 g/mol. The number of carbonyl (C=O) groups is 1. The summed E-state index contributed by atoms with van der Waals surface area (Å²) in [7, 11) is 0. The van der Waals surface area contributed by atoms with Gasteiger partial charge in [-0.25, -0.2) is 0 Å². The molecule has 90 valence electrons. The summed E-state index contributed by atoms with van der Waals surface area (Å²) in [5, 5.41) is 0. The number of hydrogen-bond donors (Lipinski definition) is 0. The Labute approximate surface area is 96.8 Å². The van der Waals surface area contributed by atoms with Crippen molar-refractivity contribution in [2.75, 3.05) is 6.61 Å². The van der Waals surface area contributed by atoms with E-state index >= 15 is 0 Å². The molecule has 0 radical (unpaired) electrons. The lowest BCUT2D eigenvalue weighted by Gasteiger charge is -2.35. The third kappa shape index (κ3) is 2.14. The van der Waals surface area contributed by atoms with Gasteiger partial charge < -0.3 is 9.47 Å². The van der Waals surface area contributed by atoms with Crippen molar-refractivity contribution in [1.29, 1.82) is 0 Å². The third-order valence-electron chi connectivity index (χ3n) is 3.41. The van der Waals surface area contributed by atoms with Crippen LogP contribution in [-0.4, -0.2) is 18.7 Å². The van der Waals surface area contributed by atoms with Gasteiger partial charge in [0.05, 0.1) is 0 Å². The van der Waals surface area contributed by atoms with E-state index in [0.717, 1.165) is 37.0 Å². The fourth-order valence-corrected chi connectivity index (χ4v) is 2.63. The lowest BCUT2D eigenvalue weighted by Crippen LogP contribution is -2.32. The molecule has 3 nitrogen and oxygen atoms in total. The van der Waals surface area contributed by atoms with Crippen LogP contribution in [0.15, 0.2) is 11.3 Å². The van der Waals surface area contributed by atoms with Crippen LogP contribution >= 0.6 is 0 Å². The molecule has 0 amide bonds. The Morgan fingerprint density at radius 2 is 2.19 bits per heavy atom. The molecule has 0 saturated carbocycles. The number of rotatable bonds is 3. The van der Waals surface area contributed by atoms with Crippen molar-refractivity contribution in [2.45, 2.75) is 52.2 Å². The van der Waals surface area contributed by atoms with Crippen LogP contribution in [0.25, 0.3) is 0 Å². The van der Waals surface area contributed by atoms with Gasteiger partial charge in [0.2, 0.25) is 0 Å². The average Bonchev–Trinajstić information content (AvgIpc) is 2.28. The van der Waals surface area contributed by atoms with E-state index in [2.05, 4.69) is 6.92 Å². The maximum Gasteiger partial charge on any atom is 0.199 e. The Bertz CT molecular complexity index is 306. The minimum absolute atomic E-state index is 0.139. The Hall–Kier alpha value is -0.830. The number of ketones is 1. The smallest absolute Gasteiger partial charge is 0.199 e. The highest BCUT2D eigenvalue weighted by Gasteiger charge is 2.35. The molecule has 1 heterocycles. The van der Waals surface area contributed by atoms with Gasteiger partial charge in [0.15, 0.2) is 12.1 Å². The van der Waals surface area contributed by atoms with Gasteiger partial charge in [-0.15, -0.1) is 0 Å². The third-order valence-corrected chi connectivity index (χ3v) is 3.41. The molecule has 2 aliphatic rings. The Morgan fingerprint density at radius 1 is 1.38 bits per heavy atom. The van der Waals surface area contributed by atoms with Gasteiger partial charge in [-0.2, -0.15) is 0 Å². The van der Waals surface area contributed by atoms with Gasteiger partial charge in [-0.1, -0.05) is 6.92 Å². The molecule has 0 bridgehead atoms. The zero-order valence-corrected chi connectivity index (χ0v) is 10.1. The van der Waals surface area contributed by atoms with Crippen molar-refractivity contribution in [1.82, 2.24) is 0 Å². The van der Waals surface area contributed by atoms with Gasteiger partial charge in [-0.3, -0.25) is 4.79 Å². The lowest BCUT2D eigenvalue weighted by molar-refractivity contribution is -0.141. The fraction of sp³-hybridized carbons (Fsp3) is 0.769. The minimum Gasteiger partial charge on any atom is -0.469 e. The maximum atomic E-state index is 11.9. The van der Waals surface area contributed by atoms with Crippen molar-refractivity contribution in [2.24, 2.45) is 5.92 Å². The molecule has 1 aliphatic heterocycles. The van der Waals surface area contributed by atoms with E-state index < -0.39 is 0 Å². The first kappa shape index (κ1) is 11.6. The van der Waals surface area contributed by atoms with Crippen LogP contribution in [-0.2, 0) is 14.3 Å². The predicted molar refractivity (Wildman–Crippen MR) is 60.8 cm³/mol. The second kappa shape index (κ2) is 5.00. The SMILES string of the molecule is CCOC1CC(CC)C2=C(CCCC2=O)O1. The molecule has 2 atom stereocenters. The number of allylic oxidation sites excluding steroid dienone is 2. The molecular weight excluding hydrogens is 204 g/mol. The Balaban J connectivity index is 2.20. The van der Waals surface area contributed by atoms with E-state index in [9.17, 15) is 4.79 Å². The summed E-state index contributed by atoms with van der Waals surface area (Å²) in [5.41, 5.74) is 0.963. The van der Waals surface area contributed by atoms with Crippen LogP contribution in [0.4, 0.5) is 0 Å². The number of carbonyl (C=O) groups excluding carboxylic acids is 1. The van der Waals surface area contributed by atoms with Crippen molar-refractivity contribution in [3.05, 3.63) is 11.3 Å². The van der Waals surface area contributed by atoms with Crippen LogP contribution in [0, 0.1) is 5.92 Å². The molecule has 0 N–H and O–H groups in total. The quantitative estimate of drug-likeness (QED) is 0.739. The molecule has 2 rings (SSSR count). The van der Waals surface area contributed by atoms with Crippen LogP contribution < -0.4 is 0 Å².